The number of hydrogen-bond acceptors (Lipinski definition) is 7. The molecule has 7 rings (SSSR count). The lowest BCUT2D eigenvalue weighted by molar-refractivity contribution is -0.120. The van der Waals surface area contributed by atoms with E-state index in [2.05, 4.69) is 42.1 Å². The van der Waals surface area contributed by atoms with Crippen LogP contribution in [0.3, 0.4) is 0 Å². The first kappa shape index (κ1) is 26.6. The van der Waals surface area contributed by atoms with E-state index in [1.165, 1.54) is 24.9 Å². The molecular formula is C34H28FN7O. The lowest BCUT2D eigenvalue weighted by Gasteiger charge is -2.23. The molecule has 2 N–H and O–H groups in total. The van der Waals surface area contributed by atoms with Gasteiger partial charge in [0, 0.05) is 52.1 Å². The molecule has 2 aliphatic rings. The predicted molar refractivity (Wildman–Crippen MR) is 166 cm³/mol. The zero-order chi connectivity index (χ0) is 29.3. The number of benzene rings is 1. The number of aromatic nitrogens is 5. The highest BCUT2D eigenvalue weighted by molar-refractivity contribution is 6.03. The van der Waals surface area contributed by atoms with Gasteiger partial charge in [0.25, 0.3) is 0 Å². The van der Waals surface area contributed by atoms with Crippen LogP contribution in [0.2, 0.25) is 0 Å². The Labute approximate surface area is 247 Å². The molecule has 4 aromatic heterocycles. The normalized spacial score (nSPS) is 15.0. The molecular weight excluding hydrogens is 541 g/mol. The molecule has 1 aliphatic carbocycles. The van der Waals surface area contributed by atoms with Crippen LogP contribution >= 0.6 is 0 Å². The Balaban J connectivity index is 1.21. The molecule has 0 saturated heterocycles. The standard InChI is InChI=1S/C34H28FN7O/c1-20-13-29(42-28-11-12-37-31(30(20)28)21-7-9-25(35)10-8-21)32-27-15-24(17-38-33(27)40-19-39-32)23-14-26(18-36-16-23)41-34(43)22-5-3-2-4-6-22/h7-19,22,42H,1-6H2,(H,41,43). The Bertz CT molecular complexity index is 1910. The van der Waals surface area contributed by atoms with Gasteiger partial charge in [0.05, 0.1) is 34.7 Å². The number of nitrogens with zero attached hydrogens (tertiary/aromatic N) is 5. The van der Waals surface area contributed by atoms with Gasteiger partial charge < -0.3 is 10.6 Å². The van der Waals surface area contributed by atoms with Crippen molar-refractivity contribution < 1.29 is 9.18 Å². The van der Waals surface area contributed by atoms with Gasteiger partial charge in [-0.3, -0.25) is 14.8 Å². The van der Waals surface area contributed by atoms with Gasteiger partial charge in [0.15, 0.2) is 5.65 Å². The number of carbonyl (C=O) groups excluding carboxylic acids is 1. The van der Waals surface area contributed by atoms with Crippen molar-refractivity contribution >= 4 is 39.6 Å². The highest BCUT2D eigenvalue weighted by Crippen LogP contribution is 2.40. The van der Waals surface area contributed by atoms with Crippen molar-refractivity contribution in [2.45, 2.75) is 32.1 Å². The first-order valence-electron chi connectivity index (χ1n) is 14.3. The summed E-state index contributed by atoms with van der Waals surface area (Å²) in [6, 6.07) is 12.0. The maximum Gasteiger partial charge on any atom is 0.227 e. The van der Waals surface area contributed by atoms with Gasteiger partial charge in [-0.05, 0) is 67.0 Å². The van der Waals surface area contributed by atoms with Crippen molar-refractivity contribution in [3.05, 3.63) is 103 Å². The number of pyridine rings is 3. The summed E-state index contributed by atoms with van der Waals surface area (Å²) in [5.74, 6) is -0.194. The van der Waals surface area contributed by atoms with Gasteiger partial charge in [-0.1, -0.05) is 25.8 Å². The van der Waals surface area contributed by atoms with E-state index in [0.29, 0.717) is 22.7 Å². The Kier molecular flexibility index (Phi) is 6.90. The van der Waals surface area contributed by atoms with Gasteiger partial charge >= 0.3 is 0 Å². The zero-order valence-corrected chi connectivity index (χ0v) is 23.3. The third kappa shape index (κ3) is 5.25. The lowest BCUT2D eigenvalue weighted by atomic mass is 9.88. The largest absolute Gasteiger partial charge is 0.353 e. The minimum atomic E-state index is -0.303. The summed E-state index contributed by atoms with van der Waals surface area (Å²) < 4.78 is 13.6. The lowest BCUT2D eigenvalue weighted by Crippen LogP contribution is -2.24. The number of nitrogens with one attached hydrogen (secondary N) is 2. The van der Waals surface area contributed by atoms with Crippen LogP contribution in [0, 0.1) is 11.7 Å². The molecule has 0 atom stereocenters. The van der Waals surface area contributed by atoms with Crippen molar-refractivity contribution in [1.82, 2.24) is 24.9 Å². The Hall–Kier alpha value is -5.31. The zero-order valence-electron chi connectivity index (χ0n) is 23.3. The molecule has 5 heterocycles. The van der Waals surface area contributed by atoms with E-state index in [-0.39, 0.29) is 17.6 Å². The van der Waals surface area contributed by atoms with E-state index in [4.69, 9.17) is 0 Å². The van der Waals surface area contributed by atoms with Crippen LogP contribution in [0.25, 0.3) is 44.7 Å². The molecule has 0 bridgehead atoms. The summed E-state index contributed by atoms with van der Waals surface area (Å²) in [7, 11) is 0. The van der Waals surface area contributed by atoms with E-state index in [1.54, 1.807) is 36.9 Å². The molecule has 1 aliphatic heterocycles. The van der Waals surface area contributed by atoms with E-state index >= 15 is 0 Å². The van der Waals surface area contributed by atoms with Gasteiger partial charge in [0.1, 0.15) is 12.1 Å². The highest BCUT2D eigenvalue weighted by atomic mass is 19.1. The van der Waals surface area contributed by atoms with Crippen LogP contribution in [0.15, 0.2) is 86.2 Å². The van der Waals surface area contributed by atoms with E-state index in [1.807, 2.05) is 24.3 Å². The average molecular weight is 570 g/mol. The second-order valence-corrected chi connectivity index (χ2v) is 10.9. The van der Waals surface area contributed by atoms with Crippen molar-refractivity contribution in [3.63, 3.8) is 0 Å². The molecule has 1 saturated carbocycles. The summed E-state index contributed by atoms with van der Waals surface area (Å²) in [6.45, 7) is 4.31. The molecule has 1 fully saturated rings. The smallest absolute Gasteiger partial charge is 0.227 e. The second kappa shape index (κ2) is 11.2. The van der Waals surface area contributed by atoms with Crippen molar-refractivity contribution in [2.75, 3.05) is 10.6 Å². The van der Waals surface area contributed by atoms with Crippen LogP contribution < -0.4 is 10.6 Å². The molecule has 43 heavy (non-hydrogen) atoms. The number of amides is 1. The molecule has 0 spiro atoms. The number of halogens is 1. The first-order valence-corrected chi connectivity index (χ1v) is 14.3. The maximum atomic E-state index is 13.6. The van der Waals surface area contributed by atoms with E-state index < -0.39 is 0 Å². The van der Waals surface area contributed by atoms with E-state index in [0.717, 1.165) is 70.3 Å². The Morgan fingerprint density at radius 2 is 1.70 bits per heavy atom. The van der Waals surface area contributed by atoms with Gasteiger partial charge in [-0.25, -0.2) is 19.3 Å². The molecule has 1 amide bonds. The molecule has 8 nitrogen and oxygen atoms in total. The van der Waals surface area contributed by atoms with Crippen molar-refractivity contribution in [2.24, 2.45) is 5.92 Å². The summed E-state index contributed by atoms with van der Waals surface area (Å²) >= 11 is 0. The van der Waals surface area contributed by atoms with Gasteiger partial charge in [0.2, 0.25) is 5.91 Å². The number of rotatable bonds is 5. The molecule has 5 aromatic rings. The number of carbonyl (C=O) groups is 1. The van der Waals surface area contributed by atoms with Crippen LogP contribution in [0.1, 0.15) is 43.4 Å². The highest BCUT2D eigenvalue weighted by Gasteiger charge is 2.23. The minimum absolute atomic E-state index is 0.0538. The third-order valence-corrected chi connectivity index (χ3v) is 8.04. The number of fused-ring (bicyclic) bond motifs is 2. The average Bonchev–Trinajstić information content (AvgIpc) is 3.05. The maximum absolute atomic E-state index is 13.6. The quantitative estimate of drug-likeness (QED) is 0.229. The summed E-state index contributed by atoms with van der Waals surface area (Å²) in [5, 5.41) is 7.29. The Morgan fingerprint density at radius 3 is 2.53 bits per heavy atom. The molecule has 0 unspecified atom stereocenters. The monoisotopic (exact) mass is 569 g/mol. The fourth-order valence-corrected chi connectivity index (χ4v) is 5.87. The molecule has 0 radical (unpaired) electrons. The van der Waals surface area contributed by atoms with Crippen molar-refractivity contribution in [1.29, 1.82) is 0 Å². The van der Waals surface area contributed by atoms with Crippen LogP contribution in [-0.4, -0.2) is 30.8 Å². The molecule has 1 aromatic carbocycles. The summed E-state index contributed by atoms with van der Waals surface area (Å²) in [5.41, 5.74) is 8.17. The predicted octanol–water partition coefficient (Wildman–Crippen LogP) is 7.29. The summed E-state index contributed by atoms with van der Waals surface area (Å²) in [6.07, 6.45) is 15.6. The van der Waals surface area contributed by atoms with Crippen molar-refractivity contribution in [3.8, 4) is 22.4 Å². The SMILES string of the molecule is C=C1C=C(c2ncnc3ncc(-c4cncc(NC(=O)C5CCCCC5)c4)cc23)Nc2ccnc(-c3ccc(F)cc3)c21. The topological polar surface area (TPSA) is 106 Å². The molecule has 212 valence electrons. The number of allylic oxidation sites excluding steroid dienone is 2. The Morgan fingerprint density at radius 1 is 0.884 bits per heavy atom. The van der Waals surface area contributed by atoms with E-state index in [9.17, 15) is 9.18 Å². The minimum Gasteiger partial charge on any atom is -0.353 e. The van der Waals surface area contributed by atoms with Gasteiger partial charge in [-0.15, -0.1) is 0 Å². The van der Waals surface area contributed by atoms with Crippen LogP contribution in [0.4, 0.5) is 15.8 Å². The number of hydrogen-bond donors (Lipinski definition) is 2. The first-order chi connectivity index (χ1) is 21.0. The van der Waals surface area contributed by atoms with Gasteiger partial charge in [-0.2, -0.15) is 0 Å². The third-order valence-electron chi connectivity index (χ3n) is 8.04. The number of anilines is 2. The van der Waals surface area contributed by atoms with Crippen LogP contribution in [-0.2, 0) is 4.79 Å². The molecule has 9 heteroatoms. The second-order valence-electron chi connectivity index (χ2n) is 10.9. The fourth-order valence-electron chi connectivity index (χ4n) is 5.87. The fraction of sp³-hybridized carbons (Fsp3) is 0.176. The van der Waals surface area contributed by atoms with Crippen LogP contribution in [0.5, 0.6) is 0 Å². The summed E-state index contributed by atoms with van der Waals surface area (Å²) in [4.78, 5) is 35.4.